The number of ether oxygens (including phenoxy) is 1. The molecule has 0 bridgehead atoms. The Morgan fingerprint density at radius 2 is 2.11 bits per heavy atom. The quantitative estimate of drug-likeness (QED) is 0.800. The fourth-order valence-corrected chi connectivity index (χ4v) is 3.49. The summed E-state index contributed by atoms with van der Waals surface area (Å²) in [7, 11) is 0. The summed E-state index contributed by atoms with van der Waals surface area (Å²) in [5.41, 5.74) is -0.173. The van der Waals surface area contributed by atoms with Gasteiger partial charge in [-0.1, -0.05) is 26.2 Å². The van der Waals surface area contributed by atoms with Crippen LogP contribution in [0.15, 0.2) is 0 Å². The maximum Gasteiger partial charge on any atom is 0.244 e. The van der Waals surface area contributed by atoms with E-state index in [0.717, 1.165) is 32.2 Å². The predicted molar refractivity (Wildman–Crippen MR) is 73.7 cm³/mol. The smallest absolute Gasteiger partial charge is 0.244 e. The Hall–Kier alpha value is -0.610. The SMILES string of the molecule is CCCC1NC2(CC2)C(=O)N1CCOC1CCCC1. The highest BCUT2D eigenvalue weighted by Crippen LogP contribution is 2.42. The lowest BCUT2D eigenvalue weighted by Gasteiger charge is -2.24. The van der Waals surface area contributed by atoms with E-state index in [1.54, 1.807) is 0 Å². The van der Waals surface area contributed by atoms with E-state index in [-0.39, 0.29) is 11.7 Å². The molecule has 4 nitrogen and oxygen atoms in total. The first-order chi connectivity index (χ1) is 9.25. The van der Waals surface area contributed by atoms with Crippen LogP contribution in [0.25, 0.3) is 0 Å². The van der Waals surface area contributed by atoms with Gasteiger partial charge in [-0.2, -0.15) is 0 Å². The molecular formula is C15H26N2O2. The summed E-state index contributed by atoms with van der Waals surface area (Å²) in [6, 6.07) is 0. The fourth-order valence-electron chi connectivity index (χ4n) is 3.49. The molecule has 3 fully saturated rings. The van der Waals surface area contributed by atoms with Gasteiger partial charge in [-0.3, -0.25) is 10.1 Å². The lowest BCUT2D eigenvalue weighted by atomic mass is 10.2. The maximum absolute atomic E-state index is 12.4. The van der Waals surface area contributed by atoms with E-state index in [9.17, 15) is 4.79 Å². The zero-order valence-corrected chi connectivity index (χ0v) is 12.0. The van der Waals surface area contributed by atoms with Crippen LogP contribution in [-0.4, -0.2) is 41.8 Å². The first-order valence-electron chi connectivity index (χ1n) is 7.95. The van der Waals surface area contributed by atoms with Crippen molar-refractivity contribution in [1.29, 1.82) is 0 Å². The largest absolute Gasteiger partial charge is 0.376 e. The van der Waals surface area contributed by atoms with Crippen molar-refractivity contribution >= 4 is 5.91 Å². The van der Waals surface area contributed by atoms with Gasteiger partial charge in [0.25, 0.3) is 0 Å². The van der Waals surface area contributed by atoms with Crippen LogP contribution < -0.4 is 5.32 Å². The van der Waals surface area contributed by atoms with E-state index in [2.05, 4.69) is 12.2 Å². The van der Waals surface area contributed by atoms with Crippen molar-refractivity contribution in [1.82, 2.24) is 10.2 Å². The third-order valence-electron chi connectivity index (χ3n) is 4.79. The van der Waals surface area contributed by atoms with Crippen LogP contribution in [0.1, 0.15) is 58.3 Å². The van der Waals surface area contributed by atoms with Crippen molar-refractivity contribution in [3.05, 3.63) is 0 Å². The van der Waals surface area contributed by atoms with Gasteiger partial charge >= 0.3 is 0 Å². The average Bonchev–Trinajstić information content (AvgIpc) is 2.90. The number of hydrogen-bond donors (Lipinski definition) is 1. The number of hydrogen-bond acceptors (Lipinski definition) is 3. The van der Waals surface area contributed by atoms with E-state index >= 15 is 0 Å². The molecule has 3 rings (SSSR count). The summed E-state index contributed by atoms with van der Waals surface area (Å²) in [5.74, 6) is 0.320. The Balaban J connectivity index is 1.50. The average molecular weight is 266 g/mol. The highest BCUT2D eigenvalue weighted by atomic mass is 16.5. The lowest BCUT2D eigenvalue weighted by Crippen LogP contribution is -2.39. The third-order valence-corrected chi connectivity index (χ3v) is 4.79. The zero-order valence-electron chi connectivity index (χ0n) is 12.0. The van der Waals surface area contributed by atoms with E-state index in [0.29, 0.717) is 18.6 Å². The normalized spacial score (nSPS) is 29.6. The number of carbonyl (C=O) groups excluding carboxylic acids is 1. The van der Waals surface area contributed by atoms with Crippen molar-refractivity contribution in [3.8, 4) is 0 Å². The molecule has 1 heterocycles. The summed E-state index contributed by atoms with van der Waals surface area (Å²) in [6.45, 7) is 3.64. The van der Waals surface area contributed by atoms with E-state index in [4.69, 9.17) is 4.74 Å². The van der Waals surface area contributed by atoms with Crippen molar-refractivity contribution in [2.24, 2.45) is 0 Å². The van der Waals surface area contributed by atoms with Gasteiger partial charge in [0, 0.05) is 6.54 Å². The zero-order chi connectivity index (χ0) is 13.3. The Morgan fingerprint density at radius 1 is 1.37 bits per heavy atom. The Kier molecular flexibility index (Phi) is 3.81. The molecule has 1 atom stereocenters. The molecule has 4 heteroatoms. The molecule has 1 amide bonds. The van der Waals surface area contributed by atoms with Crippen LogP contribution in [0.2, 0.25) is 0 Å². The van der Waals surface area contributed by atoms with Crippen LogP contribution in [0.3, 0.4) is 0 Å². The van der Waals surface area contributed by atoms with Crippen LogP contribution in [0, 0.1) is 0 Å². The molecule has 108 valence electrons. The molecule has 1 spiro atoms. The van der Waals surface area contributed by atoms with Gasteiger partial charge in [0.05, 0.1) is 24.4 Å². The second-order valence-electron chi connectivity index (χ2n) is 6.31. The van der Waals surface area contributed by atoms with E-state index in [1.165, 1.54) is 25.7 Å². The number of carbonyl (C=O) groups is 1. The first-order valence-corrected chi connectivity index (χ1v) is 7.95. The van der Waals surface area contributed by atoms with Gasteiger partial charge < -0.3 is 9.64 Å². The highest BCUT2D eigenvalue weighted by molar-refractivity contribution is 5.91. The van der Waals surface area contributed by atoms with Crippen molar-refractivity contribution in [2.75, 3.05) is 13.2 Å². The van der Waals surface area contributed by atoms with Gasteiger partial charge in [0.15, 0.2) is 0 Å². The van der Waals surface area contributed by atoms with Crippen molar-refractivity contribution in [3.63, 3.8) is 0 Å². The lowest BCUT2D eigenvalue weighted by molar-refractivity contribution is -0.131. The summed E-state index contributed by atoms with van der Waals surface area (Å²) in [4.78, 5) is 14.4. The van der Waals surface area contributed by atoms with Crippen molar-refractivity contribution < 1.29 is 9.53 Å². The monoisotopic (exact) mass is 266 g/mol. The van der Waals surface area contributed by atoms with Crippen LogP contribution in [0.5, 0.6) is 0 Å². The highest BCUT2D eigenvalue weighted by Gasteiger charge is 2.58. The molecule has 1 N–H and O–H groups in total. The molecule has 19 heavy (non-hydrogen) atoms. The molecular weight excluding hydrogens is 240 g/mol. The second kappa shape index (κ2) is 5.41. The van der Waals surface area contributed by atoms with Crippen molar-refractivity contribution in [2.45, 2.75) is 76.1 Å². The van der Waals surface area contributed by atoms with E-state index in [1.807, 2.05) is 4.90 Å². The topological polar surface area (TPSA) is 41.6 Å². The van der Waals surface area contributed by atoms with Gasteiger partial charge in [0.1, 0.15) is 0 Å². The summed E-state index contributed by atoms with van der Waals surface area (Å²) >= 11 is 0. The maximum atomic E-state index is 12.4. The molecule has 0 aromatic carbocycles. The van der Waals surface area contributed by atoms with E-state index < -0.39 is 0 Å². The number of nitrogens with zero attached hydrogens (tertiary/aromatic N) is 1. The number of rotatable bonds is 6. The molecule has 2 aliphatic carbocycles. The standard InChI is InChI=1S/C15H26N2O2/c1-2-5-13-16-15(8-9-15)14(18)17(13)10-11-19-12-6-3-4-7-12/h12-13,16H,2-11H2,1H3. The summed E-state index contributed by atoms with van der Waals surface area (Å²) in [6.07, 6.45) is 9.91. The van der Waals surface area contributed by atoms with Gasteiger partial charge in [-0.25, -0.2) is 0 Å². The third kappa shape index (κ3) is 2.65. The van der Waals surface area contributed by atoms with Gasteiger partial charge in [0.2, 0.25) is 5.91 Å². The first kappa shape index (κ1) is 13.4. The van der Waals surface area contributed by atoms with Gasteiger partial charge in [-0.05, 0) is 32.1 Å². The number of nitrogens with one attached hydrogen (secondary N) is 1. The summed E-state index contributed by atoms with van der Waals surface area (Å²) in [5, 5.41) is 3.54. The minimum Gasteiger partial charge on any atom is -0.376 e. The molecule has 0 aromatic heterocycles. The Morgan fingerprint density at radius 3 is 2.74 bits per heavy atom. The second-order valence-corrected chi connectivity index (χ2v) is 6.31. The molecule has 1 saturated heterocycles. The molecule has 2 saturated carbocycles. The fraction of sp³-hybridized carbons (Fsp3) is 0.933. The number of amides is 1. The predicted octanol–water partition coefficient (Wildman–Crippen LogP) is 2.04. The molecule has 0 radical (unpaired) electrons. The Bertz CT molecular complexity index is 335. The molecule has 1 aliphatic heterocycles. The van der Waals surface area contributed by atoms with Crippen LogP contribution in [-0.2, 0) is 9.53 Å². The van der Waals surface area contributed by atoms with Crippen LogP contribution in [0.4, 0.5) is 0 Å². The summed E-state index contributed by atoms with van der Waals surface area (Å²) < 4.78 is 5.91. The minimum absolute atomic E-state index is 0.173. The minimum atomic E-state index is -0.173. The molecule has 0 aromatic rings. The van der Waals surface area contributed by atoms with Gasteiger partial charge in [-0.15, -0.1) is 0 Å². The molecule has 1 unspecified atom stereocenters. The Labute approximate surface area is 115 Å². The molecule has 3 aliphatic rings. The van der Waals surface area contributed by atoms with Crippen LogP contribution >= 0.6 is 0 Å².